The molecule has 1 N–H and O–H groups in total. The SMILES string of the molecule is C=CCn1c(SCC(=O)NC(C)c2ccco2)nnc1-c1ccc(Cl)cc1. The highest BCUT2D eigenvalue weighted by atomic mass is 35.5. The topological polar surface area (TPSA) is 73.0 Å². The summed E-state index contributed by atoms with van der Waals surface area (Å²) in [5.74, 6) is 1.54. The smallest absolute Gasteiger partial charge is 0.231 e. The molecule has 3 rings (SSSR count). The fraction of sp³-hybridized carbons (Fsp3) is 0.211. The first-order valence-corrected chi connectivity index (χ1v) is 9.70. The van der Waals surface area contributed by atoms with Gasteiger partial charge in [-0.2, -0.15) is 0 Å². The number of nitrogens with zero attached hydrogens (tertiary/aromatic N) is 3. The Morgan fingerprint density at radius 1 is 1.37 bits per heavy atom. The molecule has 3 aromatic rings. The summed E-state index contributed by atoms with van der Waals surface area (Å²) in [6.45, 7) is 6.21. The molecule has 0 radical (unpaired) electrons. The highest BCUT2D eigenvalue weighted by molar-refractivity contribution is 7.99. The second kappa shape index (κ2) is 8.92. The molecule has 27 heavy (non-hydrogen) atoms. The van der Waals surface area contributed by atoms with Gasteiger partial charge in [0, 0.05) is 17.1 Å². The molecule has 0 spiro atoms. The van der Waals surface area contributed by atoms with Gasteiger partial charge in [0.25, 0.3) is 0 Å². The maximum Gasteiger partial charge on any atom is 0.231 e. The molecule has 1 aromatic carbocycles. The van der Waals surface area contributed by atoms with Crippen molar-refractivity contribution in [1.82, 2.24) is 20.1 Å². The molecule has 0 saturated carbocycles. The summed E-state index contributed by atoms with van der Waals surface area (Å²) >= 11 is 7.28. The lowest BCUT2D eigenvalue weighted by Gasteiger charge is -2.11. The van der Waals surface area contributed by atoms with Crippen molar-refractivity contribution in [3.63, 3.8) is 0 Å². The van der Waals surface area contributed by atoms with Crippen LogP contribution in [0, 0.1) is 0 Å². The van der Waals surface area contributed by atoms with E-state index in [0.29, 0.717) is 28.3 Å². The molecule has 0 aliphatic rings. The van der Waals surface area contributed by atoms with E-state index in [1.165, 1.54) is 11.8 Å². The van der Waals surface area contributed by atoms with E-state index in [1.807, 2.05) is 29.7 Å². The van der Waals surface area contributed by atoms with Crippen LogP contribution in [0.5, 0.6) is 0 Å². The monoisotopic (exact) mass is 402 g/mol. The number of hydrogen-bond acceptors (Lipinski definition) is 5. The summed E-state index contributed by atoms with van der Waals surface area (Å²) in [6, 6.07) is 10.8. The normalized spacial score (nSPS) is 11.9. The molecule has 0 bridgehead atoms. The number of aromatic nitrogens is 3. The van der Waals surface area contributed by atoms with Gasteiger partial charge >= 0.3 is 0 Å². The van der Waals surface area contributed by atoms with E-state index in [2.05, 4.69) is 22.1 Å². The molecule has 8 heteroatoms. The molecule has 0 aliphatic carbocycles. The zero-order chi connectivity index (χ0) is 19.2. The minimum Gasteiger partial charge on any atom is -0.467 e. The van der Waals surface area contributed by atoms with Gasteiger partial charge in [-0.15, -0.1) is 16.8 Å². The van der Waals surface area contributed by atoms with Gasteiger partial charge in [0.15, 0.2) is 11.0 Å². The van der Waals surface area contributed by atoms with Crippen LogP contribution in [-0.2, 0) is 11.3 Å². The lowest BCUT2D eigenvalue weighted by atomic mass is 10.2. The zero-order valence-electron chi connectivity index (χ0n) is 14.8. The lowest BCUT2D eigenvalue weighted by molar-refractivity contribution is -0.119. The highest BCUT2D eigenvalue weighted by Crippen LogP contribution is 2.25. The first kappa shape index (κ1) is 19.3. The summed E-state index contributed by atoms with van der Waals surface area (Å²) in [5.41, 5.74) is 0.900. The maximum atomic E-state index is 12.2. The Labute approximate surface area is 166 Å². The standard InChI is InChI=1S/C19H19ClN4O2S/c1-3-10-24-18(14-6-8-15(20)9-7-14)22-23-19(24)27-12-17(25)21-13(2)16-5-4-11-26-16/h3-9,11,13H,1,10,12H2,2H3,(H,21,25). The van der Waals surface area contributed by atoms with Crippen molar-refractivity contribution in [2.24, 2.45) is 0 Å². The number of nitrogens with one attached hydrogen (secondary N) is 1. The number of hydrogen-bond donors (Lipinski definition) is 1. The third kappa shape index (κ3) is 4.81. The Balaban J connectivity index is 1.68. The van der Waals surface area contributed by atoms with Crippen LogP contribution in [0.1, 0.15) is 18.7 Å². The fourth-order valence-electron chi connectivity index (χ4n) is 2.52. The number of amides is 1. The first-order chi connectivity index (χ1) is 13.1. The molecular weight excluding hydrogens is 384 g/mol. The van der Waals surface area contributed by atoms with Crippen LogP contribution in [0.15, 0.2) is 64.9 Å². The molecule has 2 aromatic heterocycles. The summed E-state index contributed by atoms with van der Waals surface area (Å²) < 4.78 is 7.22. The molecule has 0 saturated heterocycles. The number of thioether (sulfide) groups is 1. The van der Waals surface area contributed by atoms with Crippen molar-refractivity contribution in [3.8, 4) is 11.4 Å². The largest absolute Gasteiger partial charge is 0.467 e. The Kier molecular flexibility index (Phi) is 6.36. The van der Waals surface area contributed by atoms with Crippen molar-refractivity contribution in [2.45, 2.75) is 24.7 Å². The van der Waals surface area contributed by atoms with Crippen LogP contribution in [0.25, 0.3) is 11.4 Å². The molecule has 1 unspecified atom stereocenters. The molecular formula is C19H19ClN4O2S. The second-order valence-corrected chi connectivity index (χ2v) is 7.18. The van der Waals surface area contributed by atoms with Gasteiger partial charge in [0.2, 0.25) is 5.91 Å². The number of carbonyl (C=O) groups excluding carboxylic acids is 1. The van der Waals surface area contributed by atoms with Gasteiger partial charge in [-0.25, -0.2) is 0 Å². The Morgan fingerprint density at radius 3 is 2.81 bits per heavy atom. The Morgan fingerprint density at radius 2 is 2.15 bits per heavy atom. The Hall–Kier alpha value is -2.51. The minimum atomic E-state index is -0.191. The van der Waals surface area contributed by atoms with E-state index < -0.39 is 0 Å². The van der Waals surface area contributed by atoms with E-state index >= 15 is 0 Å². The van der Waals surface area contributed by atoms with E-state index in [-0.39, 0.29) is 17.7 Å². The lowest BCUT2D eigenvalue weighted by Crippen LogP contribution is -2.28. The van der Waals surface area contributed by atoms with E-state index in [9.17, 15) is 4.79 Å². The number of allylic oxidation sites excluding steroid dienone is 1. The van der Waals surface area contributed by atoms with Crippen molar-refractivity contribution in [2.75, 3.05) is 5.75 Å². The minimum absolute atomic E-state index is 0.106. The van der Waals surface area contributed by atoms with Gasteiger partial charge in [-0.3, -0.25) is 9.36 Å². The average molecular weight is 403 g/mol. The molecule has 1 amide bonds. The molecule has 0 fully saturated rings. The molecule has 140 valence electrons. The van der Waals surface area contributed by atoms with Crippen molar-refractivity contribution in [3.05, 3.63) is 66.1 Å². The van der Waals surface area contributed by atoms with Gasteiger partial charge in [-0.05, 0) is 43.3 Å². The average Bonchev–Trinajstić information content (AvgIpc) is 3.31. The number of furan rings is 1. The maximum absolute atomic E-state index is 12.2. The van der Waals surface area contributed by atoms with Crippen LogP contribution in [0.3, 0.4) is 0 Å². The summed E-state index contributed by atoms with van der Waals surface area (Å²) in [7, 11) is 0. The van der Waals surface area contributed by atoms with Gasteiger partial charge in [0.05, 0.1) is 18.1 Å². The van der Waals surface area contributed by atoms with E-state index in [1.54, 1.807) is 30.5 Å². The number of halogens is 1. The van der Waals surface area contributed by atoms with Crippen molar-refractivity contribution < 1.29 is 9.21 Å². The van der Waals surface area contributed by atoms with E-state index in [4.69, 9.17) is 16.0 Å². The molecule has 1 atom stereocenters. The predicted octanol–water partition coefficient (Wildman–Crippen LogP) is 4.35. The van der Waals surface area contributed by atoms with Crippen LogP contribution in [0.2, 0.25) is 5.02 Å². The van der Waals surface area contributed by atoms with Crippen LogP contribution in [-0.4, -0.2) is 26.4 Å². The number of rotatable bonds is 8. The molecule has 0 aliphatic heterocycles. The fourth-order valence-corrected chi connectivity index (χ4v) is 3.41. The molecule has 6 nitrogen and oxygen atoms in total. The van der Waals surface area contributed by atoms with Crippen molar-refractivity contribution in [1.29, 1.82) is 0 Å². The third-order valence-electron chi connectivity index (χ3n) is 3.81. The Bertz CT molecular complexity index is 906. The van der Waals surface area contributed by atoms with Crippen LogP contribution < -0.4 is 5.32 Å². The second-order valence-electron chi connectivity index (χ2n) is 5.81. The number of carbonyl (C=O) groups is 1. The van der Waals surface area contributed by atoms with Crippen LogP contribution in [0.4, 0.5) is 0 Å². The van der Waals surface area contributed by atoms with E-state index in [0.717, 1.165) is 5.56 Å². The van der Waals surface area contributed by atoms with Gasteiger partial charge < -0.3 is 9.73 Å². The van der Waals surface area contributed by atoms with Crippen LogP contribution >= 0.6 is 23.4 Å². The number of benzene rings is 1. The summed E-state index contributed by atoms with van der Waals surface area (Å²) in [5, 5.41) is 12.7. The van der Waals surface area contributed by atoms with Gasteiger partial charge in [-0.1, -0.05) is 29.4 Å². The summed E-state index contributed by atoms with van der Waals surface area (Å²) in [6.07, 6.45) is 3.36. The quantitative estimate of drug-likeness (QED) is 0.448. The highest BCUT2D eigenvalue weighted by Gasteiger charge is 2.16. The third-order valence-corrected chi connectivity index (χ3v) is 5.03. The van der Waals surface area contributed by atoms with Crippen molar-refractivity contribution >= 4 is 29.3 Å². The zero-order valence-corrected chi connectivity index (χ0v) is 16.3. The van der Waals surface area contributed by atoms with Gasteiger partial charge in [0.1, 0.15) is 5.76 Å². The predicted molar refractivity (Wildman–Crippen MR) is 107 cm³/mol. The first-order valence-electron chi connectivity index (χ1n) is 8.34. The molecule has 2 heterocycles. The summed E-state index contributed by atoms with van der Waals surface area (Å²) in [4.78, 5) is 12.2.